The number of rotatable bonds is 1. The molecule has 4 rings (SSSR count). The quantitative estimate of drug-likeness (QED) is 0.850. The number of para-hydroxylation sites is 1. The van der Waals surface area contributed by atoms with Gasteiger partial charge in [-0.25, -0.2) is 4.98 Å². The molecule has 0 saturated carbocycles. The minimum atomic E-state index is -0.0888. The van der Waals surface area contributed by atoms with Crippen LogP contribution in [0.4, 0.5) is 0 Å². The van der Waals surface area contributed by atoms with E-state index in [0.29, 0.717) is 37.6 Å². The largest absolute Gasteiger partial charge is 0.492 e. The Kier molecular flexibility index (Phi) is 2.60. The maximum Gasteiger partial charge on any atom is 0.256 e. The molecular formula is C15H14N2O3. The molecule has 5 nitrogen and oxygen atoms in total. The molecule has 0 spiro atoms. The molecule has 1 aromatic carbocycles. The van der Waals surface area contributed by atoms with Gasteiger partial charge in [-0.3, -0.25) is 4.79 Å². The summed E-state index contributed by atoms with van der Waals surface area (Å²) in [5, 5.41) is 0. The highest BCUT2D eigenvalue weighted by Crippen LogP contribution is 2.36. The van der Waals surface area contributed by atoms with Crippen LogP contribution in [0.15, 0.2) is 29.1 Å². The first-order valence-corrected chi connectivity index (χ1v) is 6.74. The summed E-state index contributed by atoms with van der Waals surface area (Å²) in [5.74, 6) is 1.58. The fourth-order valence-electron chi connectivity index (χ4n) is 2.82. The van der Waals surface area contributed by atoms with Gasteiger partial charge in [0, 0.05) is 12.0 Å². The fourth-order valence-corrected chi connectivity index (χ4v) is 2.82. The van der Waals surface area contributed by atoms with Crippen LogP contribution in [0.25, 0.3) is 0 Å². The van der Waals surface area contributed by atoms with Crippen LogP contribution >= 0.6 is 0 Å². The van der Waals surface area contributed by atoms with Gasteiger partial charge in [-0.1, -0.05) is 18.2 Å². The van der Waals surface area contributed by atoms with Crippen molar-refractivity contribution in [3.05, 3.63) is 57.3 Å². The van der Waals surface area contributed by atoms with Crippen LogP contribution in [0.3, 0.4) is 0 Å². The summed E-state index contributed by atoms with van der Waals surface area (Å²) in [5.41, 5.74) is 2.52. The second-order valence-electron chi connectivity index (χ2n) is 5.08. The van der Waals surface area contributed by atoms with Crippen LogP contribution in [0, 0.1) is 0 Å². The van der Waals surface area contributed by atoms with Crippen molar-refractivity contribution in [2.24, 2.45) is 0 Å². The topological polar surface area (TPSA) is 64.2 Å². The molecule has 102 valence electrons. The number of aromatic amines is 1. The minimum Gasteiger partial charge on any atom is -0.492 e. The first kappa shape index (κ1) is 11.7. The number of nitrogens with one attached hydrogen (secondary N) is 1. The van der Waals surface area contributed by atoms with Crippen molar-refractivity contribution in [3.8, 4) is 5.75 Å². The van der Waals surface area contributed by atoms with E-state index in [2.05, 4.69) is 9.97 Å². The van der Waals surface area contributed by atoms with Gasteiger partial charge in [0.15, 0.2) is 0 Å². The number of H-pyrrole nitrogens is 1. The molecule has 0 amide bonds. The van der Waals surface area contributed by atoms with E-state index >= 15 is 0 Å². The molecule has 2 aliphatic rings. The number of hydrogen-bond donors (Lipinski definition) is 1. The number of benzene rings is 1. The fraction of sp³-hybridized carbons (Fsp3) is 0.333. The van der Waals surface area contributed by atoms with Crippen LogP contribution < -0.4 is 10.3 Å². The average Bonchev–Trinajstić information content (AvgIpc) is 2.91. The van der Waals surface area contributed by atoms with E-state index in [0.717, 1.165) is 17.0 Å². The van der Waals surface area contributed by atoms with Gasteiger partial charge in [0.1, 0.15) is 18.2 Å². The molecule has 1 aromatic heterocycles. The molecule has 1 unspecified atom stereocenters. The maximum atomic E-state index is 12.1. The Morgan fingerprint density at radius 2 is 2.20 bits per heavy atom. The van der Waals surface area contributed by atoms with E-state index in [1.807, 2.05) is 24.3 Å². The second-order valence-corrected chi connectivity index (χ2v) is 5.08. The summed E-state index contributed by atoms with van der Waals surface area (Å²) in [6, 6.07) is 7.89. The van der Waals surface area contributed by atoms with Gasteiger partial charge in [0.25, 0.3) is 5.56 Å². The number of hydrogen-bond acceptors (Lipinski definition) is 4. The van der Waals surface area contributed by atoms with Crippen LogP contribution in [0.1, 0.15) is 28.6 Å². The van der Waals surface area contributed by atoms with E-state index in [1.54, 1.807) is 0 Å². The highest BCUT2D eigenvalue weighted by molar-refractivity contribution is 5.43. The van der Waals surface area contributed by atoms with Gasteiger partial charge >= 0.3 is 0 Å². The Labute approximate surface area is 115 Å². The van der Waals surface area contributed by atoms with Crippen molar-refractivity contribution in [3.63, 3.8) is 0 Å². The van der Waals surface area contributed by atoms with Gasteiger partial charge in [-0.2, -0.15) is 0 Å². The summed E-state index contributed by atoms with van der Waals surface area (Å²) in [6.07, 6.45) is 0.696. The van der Waals surface area contributed by atoms with Crippen LogP contribution in [-0.4, -0.2) is 23.2 Å². The van der Waals surface area contributed by atoms with E-state index in [9.17, 15) is 4.79 Å². The Bertz CT molecular complexity index is 723. The predicted octanol–water partition coefficient (Wildman–Crippen LogP) is 1.37. The predicted molar refractivity (Wildman–Crippen MR) is 72.0 cm³/mol. The van der Waals surface area contributed by atoms with Gasteiger partial charge in [-0.15, -0.1) is 0 Å². The molecule has 5 heteroatoms. The normalized spacial score (nSPS) is 20.1. The van der Waals surface area contributed by atoms with Gasteiger partial charge in [-0.05, 0) is 6.07 Å². The zero-order chi connectivity index (χ0) is 13.5. The summed E-state index contributed by atoms with van der Waals surface area (Å²) in [4.78, 5) is 19.7. The van der Waals surface area contributed by atoms with E-state index in [4.69, 9.17) is 9.47 Å². The number of fused-ring (bicyclic) bond motifs is 2. The molecule has 0 bridgehead atoms. The van der Waals surface area contributed by atoms with Crippen molar-refractivity contribution in [2.75, 3.05) is 13.2 Å². The Balaban J connectivity index is 1.81. The van der Waals surface area contributed by atoms with Crippen LogP contribution in [0.5, 0.6) is 5.75 Å². The lowest BCUT2D eigenvalue weighted by atomic mass is 10.00. The third-order valence-electron chi connectivity index (χ3n) is 3.88. The van der Waals surface area contributed by atoms with Gasteiger partial charge < -0.3 is 14.5 Å². The zero-order valence-electron chi connectivity index (χ0n) is 10.9. The van der Waals surface area contributed by atoms with Gasteiger partial charge in [0.2, 0.25) is 0 Å². The molecular weight excluding hydrogens is 256 g/mol. The molecule has 0 fully saturated rings. The number of aromatic nitrogens is 2. The highest BCUT2D eigenvalue weighted by atomic mass is 16.5. The Morgan fingerprint density at radius 3 is 3.15 bits per heavy atom. The zero-order valence-corrected chi connectivity index (χ0v) is 10.9. The summed E-state index contributed by atoms with van der Waals surface area (Å²) in [6.45, 7) is 1.51. The third-order valence-corrected chi connectivity index (χ3v) is 3.88. The second kappa shape index (κ2) is 4.45. The molecule has 3 heterocycles. The van der Waals surface area contributed by atoms with Crippen molar-refractivity contribution >= 4 is 0 Å². The molecule has 0 radical (unpaired) electrons. The highest BCUT2D eigenvalue weighted by Gasteiger charge is 2.28. The maximum absolute atomic E-state index is 12.1. The molecule has 2 aliphatic heterocycles. The summed E-state index contributed by atoms with van der Waals surface area (Å²) < 4.78 is 11.0. The van der Waals surface area contributed by atoms with Crippen molar-refractivity contribution in [1.82, 2.24) is 9.97 Å². The number of ether oxygens (including phenoxy) is 2. The first-order chi connectivity index (χ1) is 9.83. The van der Waals surface area contributed by atoms with Crippen molar-refractivity contribution in [1.29, 1.82) is 0 Å². The molecule has 1 N–H and O–H groups in total. The Morgan fingerprint density at radius 1 is 1.30 bits per heavy atom. The van der Waals surface area contributed by atoms with E-state index in [1.165, 1.54) is 0 Å². The lowest BCUT2D eigenvalue weighted by Crippen LogP contribution is -2.26. The molecule has 1 atom stereocenters. The van der Waals surface area contributed by atoms with E-state index < -0.39 is 0 Å². The van der Waals surface area contributed by atoms with E-state index in [-0.39, 0.29) is 11.5 Å². The lowest BCUT2D eigenvalue weighted by molar-refractivity contribution is 0.107. The SMILES string of the molecule is O=c1[nH]c(C2COc3ccccc32)nc2c1COCC2. The molecule has 2 aromatic rings. The third kappa shape index (κ3) is 1.74. The minimum absolute atomic E-state index is 0.00652. The Hall–Kier alpha value is -2.14. The first-order valence-electron chi connectivity index (χ1n) is 6.74. The summed E-state index contributed by atoms with van der Waals surface area (Å²) in [7, 11) is 0. The van der Waals surface area contributed by atoms with Crippen molar-refractivity contribution < 1.29 is 9.47 Å². The molecule has 0 saturated heterocycles. The number of nitrogens with zero attached hydrogens (tertiary/aromatic N) is 1. The molecule has 20 heavy (non-hydrogen) atoms. The standard InChI is InChI=1S/C15H14N2O3/c18-15-11-7-19-6-5-12(11)16-14(17-15)10-8-20-13-4-2-1-3-9(10)13/h1-4,10H,5-8H2,(H,16,17,18). The average molecular weight is 270 g/mol. The smallest absolute Gasteiger partial charge is 0.256 e. The summed E-state index contributed by atoms with van der Waals surface area (Å²) >= 11 is 0. The molecule has 0 aliphatic carbocycles. The van der Waals surface area contributed by atoms with Gasteiger partial charge in [0.05, 0.1) is 30.4 Å². The van der Waals surface area contributed by atoms with Crippen LogP contribution in [-0.2, 0) is 17.8 Å². The monoisotopic (exact) mass is 270 g/mol. The van der Waals surface area contributed by atoms with Crippen LogP contribution in [0.2, 0.25) is 0 Å². The lowest BCUT2D eigenvalue weighted by Gasteiger charge is -2.17. The van der Waals surface area contributed by atoms with Crippen molar-refractivity contribution in [2.45, 2.75) is 18.9 Å².